The molecule has 3 N–H and O–H groups in total. The van der Waals surface area contributed by atoms with Crippen LogP contribution in [0.15, 0.2) is 0 Å². The van der Waals surface area contributed by atoms with Crippen LogP contribution in [-0.2, 0) is 0 Å². The molecule has 0 unspecified atom stereocenters. The first kappa shape index (κ1) is 6.31. The second-order valence-corrected chi connectivity index (χ2v) is 8.20. The number of nitrogens with one attached hydrogen (secondary N) is 1. The Morgan fingerprint density at radius 1 is 1.60 bits per heavy atom. The van der Waals surface area contributed by atoms with Crippen LogP contribution in [0.5, 0.6) is 0 Å². The lowest BCUT2D eigenvalue weighted by molar-refractivity contribution is 1.12. The highest BCUT2D eigenvalue weighted by molar-refractivity contribution is 9.69. The van der Waals surface area contributed by atoms with Crippen molar-refractivity contribution in [2.24, 2.45) is 5.84 Å². The van der Waals surface area contributed by atoms with Gasteiger partial charge in [-0.05, 0) is 31.0 Å². The largest absolute Gasteiger partial charge is 0.266 e. The molecular formula is H3Br2N2P. The van der Waals surface area contributed by atoms with Gasteiger partial charge in [0.1, 0.15) is 5.48 Å². The second-order valence-electron chi connectivity index (χ2n) is 0.362. The van der Waals surface area contributed by atoms with E-state index >= 15 is 0 Å². The molecule has 0 heterocycles. The molecule has 32 valence electrons. The Morgan fingerprint density at radius 2 is 1.80 bits per heavy atom. The zero-order chi connectivity index (χ0) is 4.28. The molecule has 2 nitrogen and oxygen atoms in total. The summed E-state index contributed by atoms with van der Waals surface area (Å²) in [6.45, 7) is 0. The van der Waals surface area contributed by atoms with Gasteiger partial charge >= 0.3 is 0 Å². The van der Waals surface area contributed by atoms with Crippen molar-refractivity contribution in [1.29, 1.82) is 0 Å². The second kappa shape index (κ2) is 3.50. The summed E-state index contributed by atoms with van der Waals surface area (Å²) in [6.07, 6.45) is 0. The molecule has 0 aromatic carbocycles. The van der Waals surface area contributed by atoms with Crippen molar-refractivity contribution in [2.75, 3.05) is 0 Å². The summed E-state index contributed by atoms with van der Waals surface area (Å²) in [4.78, 5) is 0. The van der Waals surface area contributed by atoms with Crippen molar-refractivity contribution in [3.63, 3.8) is 0 Å². The predicted octanol–water partition coefficient (Wildman–Crippen LogP) is 1.47. The number of hydrogen-bond acceptors (Lipinski definition) is 2. The predicted molar refractivity (Wildman–Crippen MR) is 32.1 cm³/mol. The van der Waals surface area contributed by atoms with E-state index in [4.69, 9.17) is 5.84 Å². The Balaban J connectivity index is 2.54. The molecule has 0 saturated carbocycles. The fourth-order valence-electron chi connectivity index (χ4n) is 0. The van der Waals surface area contributed by atoms with E-state index < -0.39 is 5.48 Å². The van der Waals surface area contributed by atoms with Gasteiger partial charge in [0.05, 0.1) is 0 Å². The Kier molecular flexibility index (Phi) is 4.41. The Bertz CT molecular complexity index is 21.6. The lowest BCUT2D eigenvalue weighted by atomic mass is 13.0. The van der Waals surface area contributed by atoms with Gasteiger partial charge < -0.3 is 0 Å². The summed E-state index contributed by atoms with van der Waals surface area (Å²) in [6, 6.07) is 0. The molecule has 0 aromatic rings. The maximum absolute atomic E-state index is 4.86. The molecule has 5 heteroatoms. The summed E-state index contributed by atoms with van der Waals surface area (Å²) in [5, 5.41) is 2.43. The van der Waals surface area contributed by atoms with Crippen LogP contribution in [0.25, 0.3) is 0 Å². The van der Waals surface area contributed by atoms with Crippen LogP contribution in [0.2, 0.25) is 0 Å². The topological polar surface area (TPSA) is 38.0 Å². The van der Waals surface area contributed by atoms with E-state index in [1.807, 2.05) is 0 Å². The third-order valence-electron chi connectivity index (χ3n) is 0.0976. The zero-order valence-electron chi connectivity index (χ0n) is 2.28. The van der Waals surface area contributed by atoms with Crippen LogP contribution in [-0.4, -0.2) is 0 Å². The van der Waals surface area contributed by atoms with Crippen LogP contribution in [0.3, 0.4) is 0 Å². The minimum absolute atomic E-state index is 0.445. The highest BCUT2D eigenvalue weighted by Crippen LogP contribution is 2.45. The van der Waals surface area contributed by atoms with Crippen molar-refractivity contribution in [3.05, 3.63) is 0 Å². The summed E-state index contributed by atoms with van der Waals surface area (Å²) in [7, 11) is 0. The van der Waals surface area contributed by atoms with E-state index in [2.05, 4.69) is 36.2 Å². The number of halogens is 2. The highest BCUT2D eigenvalue weighted by Gasteiger charge is 1.83. The molecule has 0 atom stereocenters. The first-order valence-corrected chi connectivity index (χ1v) is 6.23. The summed E-state index contributed by atoms with van der Waals surface area (Å²) in [5.74, 6) is 4.86. The SMILES string of the molecule is NNP(Br)Br. The molecule has 0 amide bonds. The molecule has 0 aliphatic rings. The van der Waals surface area contributed by atoms with Gasteiger partial charge in [0.2, 0.25) is 0 Å². The molecule has 0 fully saturated rings. The van der Waals surface area contributed by atoms with Gasteiger partial charge in [-0.2, -0.15) is 0 Å². The van der Waals surface area contributed by atoms with Crippen LogP contribution in [0.1, 0.15) is 0 Å². The maximum Gasteiger partial charge on any atom is 0.118 e. The number of hydrogen-bond donors (Lipinski definition) is 2. The first-order chi connectivity index (χ1) is 2.27. The van der Waals surface area contributed by atoms with E-state index in [9.17, 15) is 0 Å². The Morgan fingerprint density at radius 3 is 1.80 bits per heavy atom. The Labute approximate surface area is 47.7 Å². The van der Waals surface area contributed by atoms with E-state index in [-0.39, 0.29) is 0 Å². The van der Waals surface area contributed by atoms with Crippen molar-refractivity contribution < 1.29 is 0 Å². The van der Waals surface area contributed by atoms with Crippen molar-refractivity contribution in [1.82, 2.24) is 5.20 Å². The molecule has 0 saturated heterocycles. The minimum atomic E-state index is -0.445. The van der Waals surface area contributed by atoms with E-state index in [1.165, 1.54) is 0 Å². The summed E-state index contributed by atoms with van der Waals surface area (Å²) < 4.78 is 0. The molecule has 0 aromatic heterocycles. The van der Waals surface area contributed by atoms with Gasteiger partial charge in [-0.25, -0.2) is 5.20 Å². The molecule has 0 bridgehead atoms. The number of nitrogens with two attached hydrogens (primary N) is 1. The van der Waals surface area contributed by atoms with Crippen molar-refractivity contribution >= 4 is 36.5 Å². The maximum atomic E-state index is 4.86. The Hall–Kier alpha value is 1.31. The molecular weight excluding hydrogens is 219 g/mol. The summed E-state index contributed by atoms with van der Waals surface area (Å²) in [5.41, 5.74) is -0.445. The minimum Gasteiger partial charge on any atom is -0.266 e. The lowest BCUT2D eigenvalue weighted by Gasteiger charge is -1.89. The zero-order valence-corrected chi connectivity index (χ0v) is 6.35. The molecule has 5 heavy (non-hydrogen) atoms. The van der Waals surface area contributed by atoms with Crippen LogP contribution >= 0.6 is 36.5 Å². The van der Waals surface area contributed by atoms with Crippen molar-refractivity contribution in [2.45, 2.75) is 0 Å². The van der Waals surface area contributed by atoms with Gasteiger partial charge in [0.15, 0.2) is 0 Å². The van der Waals surface area contributed by atoms with Gasteiger partial charge in [-0.3, -0.25) is 5.84 Å². The quantitative estimate of drug-likeness (QED) is 0.400. The van der Waals surface area contributed by atoms with E-state index in [0.717, 1.165) is 0 Å². The van der Waals surface area contributed by atoms with Gasteiger partial charge in [0.25, 0.3) is 0 Å². The van der Waals surface area contributed by atoms with Crippen molar-refractivity contribution in [3.8, 4) is 0 Å². The van der Waals surface area contributed by atoms with E-state index in [0.29, 0.717) is 0 Å². The smallest absolute Gasteiger partial charge is 0.118 e. The molecule has 0 spiro atoms. The van der Waals surface area contributed by atoms with Crippen LogP contribution in [0, 0.1) is 0 Å². The molecule has 0 radical (unpaired) electrons. The molecule has 0 aliphatic heterocycles. The normalized spacial score (nSPS) is 9.60. The van der Waals surface area contributed by atoms with Gasteiger partial charge in [-0.1, -0.05) is 0 Å². The number of rotatable bonds is 1. The van der Waals surface area contributed by atoms with Gasteiger partial charge in [0, 0.05) is 0 Å². The van der Waals surface area contributed by atoms with Crippen LogP contribution < -0.4 is 11.0 Å². The lowest BCUT2D eigenvalue weighted by Crippen LogP contribution is -2.09. The molecule has 0 rings (SSSR count). The average molecular weight is 222 g/mol. The van der Waals surface area contributed by atoms with E-state index in [1.54, 1.807) is 0 Å². The monoisotopic (exact) mass is 220 g/mol. The highest BCUT2D eigenvalue weighted by atomic mass is 79.9. The van der Waals surface area contributed by atoms with Crippen LogP contribution in [0.4, 0.5) is 0 Å². The summed E-state index contributed by atoms with van der Waals surface area (Å²) >= 11 is 6.24. The fraction of sp³-hybridized carbons (Fsp3) is 0. The standard InChI is InChI=1S/Br2H3N2P/c1-5(2)4-3/h4H,3H2. The average Bonchev–Trinajstić information content (AvgIpc) is 1.38. The third kappa shape index (κ3) is 5.31. The number of hydrazine groups is 1. The first-order valence-electron chi connectivity index (χ1n) is 0.850. The van der Waals surface area contributed by atoms with Gasteiger partial charge in [-0.15, -0.1) is 0 Å². The fourth-order valence-corrected chi connectivity index (χ4v) is 0. The third-order valence-corrected chi connectivity index (χ3v) is 1.52. The molecule has 0 aliphatic carbocycles.